The van der Waals surface area contributed by atoms with Crippen molar-refractivity contribution in [2.45, 2.75) is 59.3 Å². The summed E-state index contributed by atoms with van der Waals surface area (Å²) in [5.41, 5.74) is 6.85. The maximum atomic E-state index is 5.90. The van der Waals surface area contributed by atoms with E-state index in [1.165, 1.54) is 25.6 Å². The lowest BCUT2D eigenvalue weighted by Crippen LogP contribution is -2.14. The smallest absolute Gasteiger partial charge is 0.221 e. The van der Waals surface area contributed by atoms with Gasteiger partial charge in [0, 0.05) is 0 Å². The van der Waals surface area contributed by atoms with Gasteiger partial charge in [-0.05, 0) is 18.8 Å². The lowest BCUT2D eigenvalue weighted by molar-refractivity contribution is 0.223. The maximum absolute atomic E-state index is 5.90. The van der Waals surface area contributed by atoms with Gasteiger partial charge >= 0.3 is 0 Å². The minimum absolute atomic E-state index is 0.549. The van der Waals surface area contributed by atoms with Gasteiger partial charge in [0.05, 0.1) is 12.2 Å². The summed E-state index contributed by atoms with van der Waals surface area (Å²) in [7, 11) is 0. The first kappa shape index (κ1) is 15.7. The largest absolute Gasteiger partial charge is 0.477 e. The Bertz CT molecular complexity index is 368. The summed E-state index contributed by atoms with van der Waals surface area (Å²) in [4.78, 5) is 8.27. The molecule has 0 aromatic carbocycles. The lowest BCUT2D eigenvalue weighted by Gasteiger charge is -2.17. The fraction of sp³-hybridized carbons (Fsp3) is 0.733. The normalized spacial score (nSPS) is 12.4. The van der Waals surface area contributed by atoms with Crippen molar-refractivity contribution in [2.75, 3.05) is 12.3 Å². The van der Waals surface area contributed by atoms with Crippen LogP contribution in [-0.4, -0.2) is 16.6 Å². The summed E-state index contributed by atoms with van der Waals surface area (Å²) in [6, 6.07) is 0. The molecule has 0 spiro atoms. The summed E-state index contributed by atoms with van der Waals surface area (Å²) < 4.78 is 5.89. The van der Waals surface area contributed by atoms with Gasteiger partial charge in [-0.2, -0.15) is 0 Å². The van der Waals surface area contributed by atoms with Crippen molar-refractivity contribution in [3.05, 3.63) is 11.9 Å². The molecule has 1 unspecified atom stereocenters. The zero-order valence-corrected chi connectivity index (χ0v) is 12.5. The van der Waals surface area contributed by atoms with Gasteiger partial charge < -0.3 is 10.5 Å². The molecule has 0 bridgehead atoms. The fourth-order valence-electron chi connectivity index (χ4n) is 2.11. The van der Waals surface area contributed by atoms with Crippen LogP contribution in [0.1, 0.15) is 58.4 Å². The van der Waals surface area contributed by atoms with Crippen LogP contribution in [0, 0.1) is 5.92 Å². The summed E-state index contributed by atoms with van der Waals surface area (Å²) in [5, 5.41) is 0. The third-order valence-electron chi connectivity index (χ3n) is 3.44. The molecule has 0 fully saturated rings. The Morgan fingerprint density at radius 1 is 1.21 bits per heavy atom. The Morgan fingerprint density at radius 3 is 2.63 bits per heavy atom. The summed E-state index contributed by atoms with van der Waals surface area (Å²) >= 11 is 0. The molecule has 1 aromatic rings. The van der Waals surface area contributed by atoms with E-state index in [2.05, 4.69) is 30.7 Å². The van der Waals surface area contributed by atoms with E-state index in [0.717, 1.165) is 31.4 Å². The second kappa shape index (κ2) is 8.73. The van der Waals surface area contributed by atoms with Crippen LogP contribution in [0.2, 0.25) is 0 Å². The van der Waals surface area contributed by atoms with Crippen LogP contribution >= 0.6 is 0 Å². The SMILES string of the molecule is CCCCC(CC)COc1ncnc(N)c1CCC. The van der Waals surface area contributed by atoms with Crippen LogP contribution in [0.5, 0.6) is 5.88 Å². The van der Waals surface area contributed by atoms with Crippen molar-refractivity contribution in [2.24, 2.45) is 5.92 Å². The van der Waals surface area contributed by atoms with Crippen molar-refractivity contribution in [3.63, 3.8) is 0 Å². The molecule has 0 aliphatic carbocycles. The van der Waals surface area contributed by atoms with Gasteiger partial charge in [0.2, 0.25) is 5.88 Å². The summed E-state index contributed by atoms with van der Waals surface area (Å²) in [6.45, 7) is 7.28. The Balaban J connectivity index is 2.62. The summed E-state index contributed by atoms with van der Waals surface area (Å²) in [5.74, 6) is 1.82. The molecule has 0 saturated heterocycles. The van der Waals surface area contributed by atoms with E-state index < -0.39 is 0 Å². The standard InChI is InChI=1S/C15H27N3O/c1-4-7-9-12(6-3)10-19-15-13(8-5-2)14(16)17-11-18-15/h11-12H,4-10H2,1-3H3,(H2,16,17,18). The molecule has 0 amide bonds. The van der Waals surface area contributed by atoms with Gasteiger partial charge in [0.1, 0.15) is 12.1 Å². The molecule has 1 atom stereocenters. The van der Waals surface area contributed by atoms with E-state index in [1.54, 1.807) is 0 Å². The molecule has 2 N–H and O–H groups in total. The van der Waals surface area contributed by atoms with Crippen molar-refractivity contribution in [1.82, 2.24) is 9.97 Å². The second-order valence-electron chi connectivity index (χ2n) is 5.02. The highest BCUT2D eigenvalue weighted by Crippen LogP contribution is 2.23. The maximum Gasteiger partial charge on any atom is 0.221 e. The van der Waals surface area contributed by atoms with Gasteiger partial charge in [-0.25, -0.2) is 9.97 Å². The molecule has 19 heavy (non-hydrogen) atoms. The molecule has 4 nitrogen and oxygen atoms in total. The number of hydrogen-bond acceptors (Lipinski definition) is 4. The first-order chi connectivity index (χ1) is 9.22. The zero-order chi connectivity index (χ0) is 14.1. The van der Waals surface area contributed by atoms with Crippen LogP contribution in [0.15, 0.2) is 6.33 Å². The highest BCUT2D eigenvalue weighted by atomic mass is 16.5. The third kappa shape index (κ3) is 5.05. The number of anilines is 1. The number of nitrogen functional groups attached to an aromatic ring is 1. The van der Waals surface area contributed by atoms with Crippen molar-refractivity contribution >= 4 is 5.82 Å². The minimum Gasteiger partial charge on any atom is -0.477 e. The Hall–Kier alpha value is -1.32. The topological polar surface area (TPSA) is 61.0 Å². The highest BCUT2D eigenvalue weighted by Gasteiger charge is 2.12. The molecule has 0 aliphatic rings. The quantitative estimate of drug-likeness (QED) is 0.741. The molecular weight excluding hydrogens is 238 g/mol. The molecule has 0 aliphatic heterocycles. The predicted octanol–water partition coefficient (Wildman–Crippen LogP) is 3.61. The number of ether oxygens (including phenoxy) is 1. The molecule has 108 valence electrons. The van der Waals surface area contributed by atoms with Crippen LogP contribution in [0.4, 0.5) is 5.82 Å². The number of hydrogen-bond donors (Lipinski definition) is 1. The molecule has 1 rings (SSSR count). The lowest BCUT2D eigenvalue weighted by atomic mass is 10.0. The number of aromatic nitrogens is 2. The van der Waals surface area contributed by atoms with Gasteiger partial charge in [0.25, 0.3) is 0 Å². The average Bonchev–Trinajstić information content (AvgIpc) is 2.42. The van der Waals surface area contributed by atoms with Crippen LogP contribution < -0.4 is 10.5 Å². The highest BCUT2D eigenvalue weighted by molar-refractivity contribution is 5.44. The van der Waals surface area contributed by atoms with E-state index in [1.807, 2.05) is 0 Å². The Kier molecular flexibility index (Phi) is 7.23. The van der Waals surface area contributed by atoms with Gasteiger partial charge in [-0.1, -0.05) is 46.5 Å². The first-order valence-corrected chi connectivity index (χ1v) is 7.44. The molecule has 0 saturated carbocycles. The number of rotatable bonds is 9. The zero-order valence-electron chi connectivity index (χ0n) is 12.5. The molecule has 0 radical (unpaired) electrons. The van der Waals surface area contributed by atoms with E-state index in [4.69, 9.17) is 10.5 Å². The van der Waals surface area contributed by atoms with E-state index in [0.29, 0.717) is 17.6 Å². The van der Waals surface area contributed by atoms with E-state index in [-0.39, 0.29) is 0 Å². The second-order valence-corrected chi connectivity index (χ2v) is 5.02. The summed E-state index contributed by atoms with van der Waals surface area (Å²) in [6.07, 6.45) is 8.22. The van der Waals surface area contributed by atoms with Crippen LogP contribution in [0.3, 0.4) is 0 Å². The van der Waals surface area contributed by atoms with E-state index in [9.17, 15) is 0 Å². The van der Waals surface area contributed by atoms with Crippen molar-refractivity contribution < 1.29 is 4.74 Å². The monoisotopic (exact) mass is 265 g/mol. The van der Waals surface area contributed by atoms with Crippen LogP contribution in [-0.2, 0) is 6.42 Å². The minimum atomic E-state index is 0.549. The van der Waals surface area contributed by atoms with Crippen LogP contribution in [0.25, 0.3) is 0 Å². The molecule has 1 heterocycles. The van der Waals surface area contributed by atoms with Gasteiger partial charge in [0.15, 0.2) is 0 Å². The number of unbranched alkanes of at least 4 members (excludes halogenated alkanes) is 1. The third-order valence-corrected chi connectivity index (χ3v) is 3.44. The number of nitrogens with zero attached hydrogens (tertiary/aromatic N) is 2. The van der Waals surface area contributed by atoms with Crippen molar-refractivity contribution in [1.29, 1.82) is 0 Å². The first-order valence-electron chi connectivity index (χ1n) is 7.44. The van der Waals surface area contributed by atoms with Crippen molar-refractivity contribution in [3.8, 4) is 5.88 Å². The Labute approximate surface area is 116 Å². The van der Waals surface area contributed by atoms with Gasteiger partial charge in [-0.15, -0.1) is 0 Å². The molecular formula is C15H27N3O. The molecule has 1 aromatic heterocycles. The average molecular weight is 265 g/mol. The Morgan fingerprint density at radius 2 is 2.00 bits per heavy atom. The number of nitrogens with two attached hydrogens (primary N) is 1. The predicted molar refractivity (Wildman–Crippen MR) is 79.2 cm³/mol. The van der Waals surface area contributed by atoms with Gasteiger partial charge in [-0.3, -0.25) is 0 Å². The van der Waals surface area contributed by atoms with E-state index >= 15 is 0 Å². The fourth-order valence-corrected chi connectivity index (χ4v) is 2.11. The molecule has 4 heteroatoms.